The third-order valence-electron chi connectivity index (χ3n) is 3.69. The van der Waals surface area contributed by atoms with Gasteiger partial charge in [0.1, 0.15) is 0 Å². The summed E-state index contributed by atoms with van der Waals surface area (Å²) in [5.41, 5.74) is 0. The summed E-state index contributed by atoms with van der Waals surface area (Å²) in [4.78, 5) is 2.06. The Morgan fingerprint density at radius 3 is 2.81 bits per heavy atom. The molecule has 0 amide bonds. The van der Waals surface area contributed by atoms with Crippen molar-refractivity contribution < 1.29 is 4.42 Å². The second-order valence-electron chi connectivity index (χ2n) is 4.98. The lowest BCUT2D eigenvalue weighted by Gasteiger charge is -2.30. The van der Waals surface area contributed by atoms with Crippen molar-refractivity contribution in [1.82, 2.24) is 10.2 Å². The van der Waals surface area contributed by atoms with E-state index in [-0.39, 0.29) is 0 Å². The van der Waals surface area contributed by atoms with E-state index >= 15 is 0 Å². The molecule has 4 nitrogen and oxygen atoms in total. The van der Waals surface area contributed by atoms with Gasteiger partial charge < -0.3 is 9.32 Å². The SMILES string of the molecule is CC(CN(C)c1nnco1)C1CCCCC1. The largest absolute Gasteiger partial charge is 0.411 e. The summed E-state index contributed by atoms with van der Waals surface area (Å²) in [5, 5.41) is 7.63. The van der Waals surface area contributed by atoms with E-state index < -0.39 is 0 Å². The van der Waals surface area contributed by atoms with Crippen LogP contribution in [0.5, 0.6) is 0 Å². The number of anilines is 1. The van der Waals surface area contributed by atoms with Gasteiger partial charge in [0.15, 0.2) is 0 Å². The standard InChI is InChI=1S/C12H21N3O/c1-10(11-6-4-3-5-7-11)8-15(2)12-14-13-9-16-12/h9-11H,3-8H2,1-2H3. The van der Waals surface area contributed by atoms with Crippen LogP contribution in [0, 0.1) is 11.8 Å². The maximum Gasteiger partial charge on any atom is 0.317 e. The van der Waals surface area contributed by atoms with Crippen molar-refractivity contribution in [3.8, 4) is 0 Å². The Hall–Kier alpha value is -1.06. The van der Waals surface area contributed by atoms with Crippen LogP contribution < -0.4 is 4.90 Å². The number of aromatic nitrogens is 2. The van der Waals surface area contributed by atoms with Gasteiger partial charge >= 0.3 is 6.01 Å². The van der Waals surface area contributed by atoms with E-state index in [2.05, 4.69) is 22.0 Å². The van der Waals surface area contributed by atoms with Crippen LogP contribution in [0.4, 0.5) is 6.01 Å². The van der Waals surface area contributed by atoms with Gasteiger partial charge in [0.2, 0.25) is 6.39 Å². The van der Waals surface area contributed by atoms with Crippen molar-refractivity contribution in [1.29, 1.82) is 0 Å². The van der Waals surface area contributed by atoms with E-state index in [0.29, 0.717) is 11.9 Å². The topological polar surface area (TPSA) is 42.2 Å². The first-order chi connectivity index (χ1) is 7.77. The highest BCUT2D eigenvalue weighted by molar-refractivity contribution is 5.20. The van der Waals surface area contributed by atoms with E-state index in [1.54, 1.807) is 0 Å². The molecule has 0 bridgehead atoms. The Bertz CT molecular complexity index is 293. The molecule has 1 saturated carbocycles. The number of hydrogen-bond donors (Lipinski definition) is 0. The molecule has 0 aliphatic heterocycles. The van der Waals surface area contributed by atoms with Crippen LogP contribution in [-0.4, -0.2) is 23.8 Å². The van der Waals surface area contributed by atoms with Gasteiger partial charge in [-0.3, -0.25) is 0 Å². The molecule has 1 atom stereocenters. The van der Waals surface area contributed by atoms with E-state index in [4.69, 9.17) is 4.42 Å². The predicted molar refractivity (Wildman–Crippen MR) is 63.3 cm³/mol. The second kappa shape index (κ2) is 5.32. The Kier molecular flexibility index (Phi) is 3.80. The van der Waals surface area contributed by atoms with Gasteiger partial charge in [0.05, 0.1) is 0 Å². The summed E-state index contributed by atoms with van der Waals surface area (Å²) in [6.07, 6.45) is 8.38. The Balaban J connectivity index is 1.84. The minimum absolute atomic E-state index is 0.627. The highest BCUT2D eigenvalue weighted by Gasteiger charge is 2.22. The first kappa shape index (κ1) is 11.4. The van der Waals surface area contributed by atoms with Gasteiger partial charge in [-0.25, -0.2) is 0 Å². The zero-order valence-corrected chi connectivity index (χ0v) is 10.2. The summed E-state index contributed by atoms with van der Waals surface area (Å²) >= 11 is 0. The molecular formula is C12H21N3O. The quantitative estimate of drug-likeness (QED) is 0.787. The normalized spacial score (nSPS) is 19.6. The van der Waals surface area contributed by atoms with Crippen LogP contribution in [-0.2, 0) is 0 Å². The molecular weight excluding hydrogens is 202 g/mol. The van der Waals surface area contributed by atoms with Crippen molar-refractivity contribution in [3.05, 3.63) is 6.39 Å². The molecule has 1 heterocycles. The van der Waals surface area contributed by atoms with Gasteiger partial charge in [-0.15, -0.1) is 5.10 Å². The molecule has 2 rings (SSSR count). The lowest BCUT2D eigenvalue weighted by atomic mass is 9.81. The molecule has 4 heteroatoms. The van der Waals surface area contributed by atoms with Gasteiger partial charge in [-0.1, -0.05) is 44.1 Å². The summed E-state index contributed by atoms with van der Waals surface area (Å²) in [6, 6.07) is 0.627. The van der Waals surface area contributed by atoms with Crippen molar-refractivity contribution in [2.24, 2.45) is 11.8 Å². The highest BCUT2D eigenvalue weighted by atomic mass is 16.4. The lowest BCUT2D eigenvalue weighted by Crippen LogP contribution is -2.29. The fourth-order valence-corrected chi connectivity index (χ4v) is 2.70. The summed E-state index contributed by atoms with van der Waals surface area (Å²) in [5.74, 6) is 1.58. The fourth-order valence-electron chi connectivity index (χ4n) is 2.70. The fraction of sp³-hybridized carbons (Fsp3) is 0.833. The van der Waals surface area contributed by atoms with Gasteiger partial charge in [0.25, 0.3) is 0 Å². The average Bonchev–Trinajstić information content (AvgIpc) is 2.83. The van der Waals surface area contributed by atoms with Gasteiger partial charge in [-0.05, 0) is 11.8 Å². The van der Waals surface area contributed by atoms with Crippen LogP contribution in [0.2, 0.25) is 0 Å². The van der Waals surface area contributed by atoms with Crippen molar-refractivity contribution >= 4 is 6.01 Å². The van der Waals surface area contributed by atoms with E-state index in [1.165, 1.54) is 38.5 Å². The molecule has 1 aliphatic rings. The van der Waals surface area contributed by atoms with E-state index in [0.717, 1.165) is 12.5 Å². The maximum atomic E-state index is 5.19. The van der Waals surface area contributed by atoms with Crippen molar-refractivity contribution in [2.45, 2.75) is 39.0 Å². The molecule has 0 spiro atoms. The van der Waals surface area contributed by atoms with Crippen LogP contribution in [0.15, 0.2) is 10.8 Å². The summed E-state index contributed by atoms with van der Waals surface area (Å²) in [7, 11) is 2.02. The lowest BCUT2D eigenvalue weighted by molar-refractivity contribution is 0.265. The molecule has 0 saturated heterocycles. The summed E-state index contributed by atoms with van der Waals surface area (Å²) in [6.45, 7) is 3.34. The summed E-state index contributed by atoms with van der Waals surface area (Å²) < 4.78 is 5.19. The minimum Gasteiger partial charge on any atom is -0.411 e. The molecule has 1 aromatic rings. The Labute approximate surface area is 97.0 Å². The molecule has 1 unspecified atom stereocenters. The molecule has 1 aliphatic carbocycles. The zero-order valence-electron chi connectivity index (χ0n) is 10.2. The molecule has 0 N–H and O–H groups in total. The predicted octanol–water partition coefficient (Wildman–Crippen LogP) is 2.72. The van der Waals surface area contributed by atoms with Gasteiger partial charge in [0, 0.05) is 13.6 Å². The first-order valence-corrected chi connectivity index (χ1v) is 6.24. The third-order valence-corrected chi connectivity index (χ3v) is 3.69. The van der Waals surface area contributed by atoms with Crippen LogP contribution in [0.25, 0.3) is 0 Å². The minimum atomic E-state index is 0.627. The number of rotatable bonds is 4. The maximum absolute atomic E-state index is 5.19. The van der Waals surface area contributed by atoms with Gasteiger partial charge in [-0.2, -0.15) is 0 Å². The third kappa shape index (κ3) is 2.74. The second-order valence-corrected chi connectivity index (χ2v) is 4.98. The van der Waals surface area contributed by atoms with Crippen LogP contribution >= 0.6 is 0 Å². The van der Waals surface area contributed by atoms with Crippen molar-refractivity contribution in [2.75, 3.05) is 18.5 Å². The monoisotopic (exact) mass is 223 g/mol. The zero-order chi connectivity index (χ0) is 11.4. The molecule has 1 aromatic heterocycles. The van der Waals surface area contributed by atoms with Crippen molar-refractivity contribution in [3.63, 3.8) is 0 Å². The van der Waals surface area contributed by atoms with E-state index in [9.17, 15) is 0 Å². The molecule has 0 aromatic carbocycles. The first-order valence-electron chi connectivity index (χ1n) is 6.24. The number of nitrogens with zero attached hydrogens (tertiary/aromatic N) is 3. The van der Waals surface area contributed by atoms with Crippen LogP contribution in [0.3, 0.4) is 0 Å². The molecule has 90 valence electrons. The average molecular weight is 223 g/mol. The Morgan fingerprint density at radius 2 is 2.19 bits per heavy atom. The number of hydrogen-bond acceptors (Lipinski definition) is 4. The highest BCUT2D eigenvalue weighted by Crippen LogP contribution is 2.30. The smallest absolute Gasteiger partial charge is 0.317 e. The molecule has 0 radical (unpaired) electrons. The van der Waals surface area contributed by atoms with E-state index in [1.807, 2.05) is 7.05 Å². The van der Waals surface area contributed by atoms with Crippen LogP contribution in [0.1, 0.15) is 39.0 Å². The Morgan fingerprint density at radius 1 is 1.44 bits per heavy atom. The molecule has 16 heavy (non-hydrogen) atoms. The molecule has 1 fully saturated rings.